The first-order valence-corrected chi connectivity index (χ1v) is 11.5. The number of carbonyl (C=O) groups is 1. The van der Waals surface area contributed by atoms with E-state index in [0.29, 0.717) is 23.3 Å². The maximum Gasteiger partial charge on any atom is 0.172 e. The van der Waals surface area contributed by atoms with Crippen LogP contribution in [-0.4, -0.2) is 59.6 Å². The maximum atomic E-state index is 12.9. The number of benzene rings is 1. The molecule has 1 saturated heterocycles. The molecule has 0 spiro atoms. The monoisotopic (exact) mass is 443 g/mol. The van der Waals surface area contributed by atoms with E-state index in [1.54, 1.807) is 10.9 Å². The molecule has 0 saturated carbocycles. The predicted octanol–water partition coefficient (Wildman–Crippen LogP) is 3.70. The average Bonchev–Trinajstić information content (AvgIpc) is 3.48. The molecule has 0 unspecified atom stereocenters. The van der Waals surface area contributed by atoms with E-state index in [9.17, 15) is 4.79 Å². The lowest BCUT2D eigenvalue weighted by atomic mass is 10.0. The van der Waals surface area contributed by atoms with Crippen molar-refractivity contribution in [1.29, 1.82) is 0 Å². The number of likely N-dealkylation sites (tertiary alicyclic amines) is 1. The number of nitrogens with zero attached hydrogens (tertiary/aromatic N) is 7. The quantitative estimate of drug-likeness (QED) is 0.423. The first kappa shape index (κ1) is 21.5. The molecule has 3 aromatic heterocycles. The second-order valence-electron chi connectivity index (χ2n) is 9.18. The molecule has 170 valence electrons. The predicted molar refractivity (Wildman–Crippen MR) is 127 cm³/mol. The number of hydrogen-bond donors (Lipinski definition) is 0. The zero-order valence-electron chi connectivity index (χ0n) is 19.3. The third-order valence-electron chi connectivity index (χ3n) is 6.54. The van der Waals surface area contributed by atoms with Gasteiger partial charge in [0.25, 0.3) is 0 Å². The molecular weight excluding hydrogens is 414 g/mol. The van der Waals surface area contributed by atoms with Crippen LogP contribution in [-0.2, 0) is 13.5 Å². The molecule has 1 aromatic carbocycles. The van der Waals surface area contributed by atoms with Crippen molar-refractivity contribution in [3.05, 3.63) is 60.3 Å². The molecule has 0 radical (unpaired) electrons. The molecule has 1 aliphatic heterocycles. The minimum atomic E-state index is 0.0120. The SMILES string of the molecule is CC(C)N1CCC(n2cc(C(=O)Cc3cc4cc(-c5cnn(C)c5)ccc4nn3)cn2)CC1. The van der Waals surface area contributed by atoms with Gasteiger partial charge in [0, 0.05) is 49.5 Å². The average molecular weight is 444 g/mol. The van der Waals surface area contributed by atoms with E-state index in [-0.39, 0.29) is 12.2 Å². The largest absolute Gasteiger partial charge is 0.301 e. The van der Waals surface area contributed by atoms with Gasteiger partial charge in [-0.3, -0.25) is 14.2 Å². The second-order valence-corrected chi connectivity index (χ2v) is 9.18. The van der Waals surface area contributed by atoms with Gasteiger partial charge in [-0.25, -0.2) is 0 Å². The van der Waals surface area contributed by atoms with Crippen LogP contribution >= 0.6 is 0 Å². The number of carbonyl (C=O) groups excluding carboxylic acids is 1. The Bertz CT molecular complexity index is 1280. The Morgan fingerprint density at radius 2 is 1.85 bits per heavy atom. The van der Waals surface area contributed by atoms with Gasteiger partial charge in [-0.2, -0.15) is 20.4 Å². The summed E-state index contributed by atoms with van der Waals surface area (Å²) in [5.74, 6) is 0.0120. The molecule has 8 nitrogen and oxygen atoms in total. The Hall–Kier alpha value is -3.39. The summed E-state index contributed by atoms with van der Waals surface area (Å²) in [6.45, 7) is 6.61. The second kappa shape index (κ2) is 8.86. The highest BCUT2D eigenvalue weighted by atomic mass is 16.1. The third-order valence-corrected chi connectivity index (χ3v) is 6.54. The van der Waals surface area contributed by atoms with Crippen molar-refractivity contribution in [2.45, 2.75) is 45.2 Å². The van der Waals surface area contributed by atoms with Crippen LogP contribution in [0.2, 0.25) is 0 Å². The van der Waals surface area contributed by atoms with Gasteiger partial charge in [-0.1, -0.05) is 6.07 Å². The first-order chi connectivity index (χ1) is 16.0. The van der Waals surface area contributed by atoms with E-state index >= 15 is 0 Å². The maximum absolute atomic E-state index is 12.9. The van der Waals surface area contributed by atoms with Crippen molar-refractivity contribution < 1.29 is 4.79 Å². The smallest absolute Gasteiger partial charge is 0.172 e. The summed E-state index contributed by atoms with van der Waals surface area (Å²) >= 11 is 0. The Balaban J connectivity index is 1.29. The molecule has 4 heterocycles. The van der Waals surface area contributed by atoms with E-state index in [2.05, 4.69) is 45.2 Å². The minimum Gasteiger partial charge on any atom is -0.301 e. The van der Waals surface area contributed by atoms with Crippen LogP contribution in [0.4, 0.5) is 0 Å². The summed E-state index contributed by atoms with van der Waals surface area (Å²) in [6, 6.07) is 8.91. The lowest BCUT2D eigenvalue weighted by Crippen LogP contribution is -2.39. The van der Waals surface area contributed by atoms with Crippen LogP contribution in [0.3, 0.4) is 0 Å². The van der Waals surface area contributed by atoms with Crippen LogP contribution < -0.4 is 0 Å². The zero-order chi connectivity index (χ0) is 22.9. The summed E-state index contributed by atoms with van der Waals surface area (Å²) in [5, 5.41) is 18.3. The number of ketones is 1. The molecule has 4 aromatic rings. The zero-order valence-corrected chi connectivity index (χ0v) is 19.3. The third kappa shape index (κ3) is 4.57. The van der Waals surface area contributed by atoms with Crippen molar-refractivity contribution in [3.63, 3.8) is 0 Å². The van der Waals surface area contributed by atoms with E-state index in [4.69, 9.17) is 0 Å². The summed E-state index contributed by atoms with van der Waals surface area (Å²) in [5.41, 5.74) is 4.20. The number of piperidine rings is 1. The van der Waals surface area contributed by atoms with Gasteiger partial charge in [-0.05, 0) is 50.5 Å². The number of fused-ring (bicyclic) bond motifs is 1. The standard InChI is InChI=1S/C25H29N7O/c1-17(2)31-8-6-23(7-9-31)32-16-21(14-27-32)25(33)12-22-11-19-10-18(4-5-24(19)29-28-22)20-13-26-30(3)15-20/h4-5,10-11,13-17,23H,6-9,12H2,1-3H3. The highest BCUT2D eigenvalue weighted by molar-refractivity contribution is 5.97. The Morgan fingerprint density at radius 1 is 1.03 bits per heavy atom. The summed E-state index contributed by atoms with van der Waals surface area (Å²) < 4.78 is 3.75. The molecule has 0 atom stereocenters. The molecule has 0 amide bonds. The van der Waals surface area contributed by atoms with Crippen molar-refractivity contribution in [2.24, 2.45) is 7.05 Å². The van der Waals surface area contributed by atoms with Crippen molar-refractivity contribution in [3.8, 4) is 11.1 Å². The van der Waals surface area contributed by atoms with Gasteiger partial charge in [0.05, 0.1) is 41.6 Å². The summed E-state index contributed by atoms with van der Waals surface area (Å²) in [6.07, 6.45) is 9.72. The van der Waals surface area contributed by atoms with Crippen LogP contribution in [0.5, 0.6) is 0 Å². The fourth-order valence-electron chi connectivity index (χ4n) is 4.54. The van der Waals surface area contributed by atoms with Crippen LogP contribution in [0, 0.1) is 0 Å². The number of Topliss-reactive ketones (excluding diaryl/α,β-unsaturated/α-hetero) is 1. The van der Waals surface area contributed by atoms with Crippen molar-refractivity contribution >= 4 is 16.7 Å². The molecule has 0 aliphatic carbocycles. The summed E-state index contributed by atoms with van der Waals surface area (Å²) in [7, 11) is 1.90. The Kier molecular flexibility index (Phi) is 5.76. The summed E-state index contributed by atoms with van der Waals surface area (Å²) in [4.78, 5) is 15.4. The van der Waals surface area contributed by atoms with Crippen molar-refractivity contribution in [1.82, 2.24) is 34.7 Å². The molecule has 8 heteroatoms. The number of rotatable bonds is 6. The number of hydrogen-bond acceptors (Lipinski definition) is 6. The number of aromatic nitrogens is 6. The van der Waals surface area contributed by atoms with E-state index in [1.165, 1.54) is 0 Å². The molecular formula is C25H29N7O. The normalized spacial score (nSPS) is 15.5. The van der Waals surface area contributed by atoms with Crippen molar-refractivity contribution in [2.75, 3.05) is 13.1 Å². The van der Waals surface area contributed by atoms with Gasteiger partial charge >= 0.3 is 0 Å². The van der Waals surface area contributed by atoms with Gasteiger partial charge < -0.3 is 4.90 Å². The molecule has 0 bridgehead atoms. The van der Waals surface area contributed by atoms with Gasteiger partial charge in [0.1, 0.15) is 0 Å². The first-order valence-electron chi connectivity index (χ1n) is 11.5. The van der Waals surface area contributed by atoms with Crippen LogP contribution in [0.25, 0.3) is 22.0 Å². The molecule has 5 rings (SSSR count). The van der Waals surface area contributed by atoms with Gasteiger partial charge in [-0.15, -0.1) is 0 Å². The van der Waals surface area contributed by atoms with E-state index in [1.807, 2.05) is 48.5 Å². The molecule has 1 aliphatic rings. The van der Waals surface area contributed by atoms with Gasteiger partial charge in [0.2, 0.25) is 0 Å². The molecule has 0 N–H and O–H groups in total. The topological polar surface area (TPSA) is 81.7 Å². The van der Waals surface area contributed by atoms with E-state index in [0.717, 1.165) is 48.0 Å². The fraction of sp³-hybridized carbons (Fsp3) is 0.400. The highest BCUT2D eigenvalue weighted by Gasteiger charge is 2.23. The van der Waals surface area contributed by atoms with E-state index < -0.39 is 0 Å². The fourth-order valence-corrected chi connectivity index (χ4v) is 4.54. The van der Waals surface area contributed by atoms with Crippen LogP contribution in [0.15, 0.2) is 49.1 Å². The highest BCUT2D eigenvalue weighted by Crippen LogP contribution is 2.25. The number of aryl methyl sites for hydroxylation is 1. The molecule has 33 heavy (non-hydrogen) atoms. The van der Waals surface area contributed by atoms with Crippen LogP contribution in [0.1, 0.15) is 48.8 Å². The minimum absolute atomic E-state index is 0.0120. The Morgan fingerprint density at radius 3 is 2.58 bits per heavy atom. The lowest BCUT2D eigenvalue weighted by Gasteiger charge is -2.34. The Labute approximate surface area is 193 Å². The molecule has 1 fully saturated rings. The van der Waals surface area contributed by atoms with Gasteiger partial charge in [0.15, 0.2) is 5.78 Å². The lowest BCUT2D eigenvalue weighted by molar-refractivity contribution is 0.0991.